The molecule has 2 amide bonds. The number of piperazine rings is 1. The van der Waals surface area contributed by atoms with Crippen LogP contribution >= 0.6 is 0 Å². The predicted molar refractivity (Wildman–Crippen MR) is 117 cm³/mol. The first kappa shape index (κ1) is 23.6. The maximum Gasteiger partial charge on any atom is 0.237 e. The Labute approximate surface area is 184 Å². The van der Waals surface area contributed by atoms with Crippen molar-refractivity contribution in [1.29, 1.82) is 0 Å². The third kappa shape index (κ3) is 6.72. The number of piperidine rings is 1. The molecule has 2 aliphatic heterocycles. The average molecular weight is 435 g/mol. The molecule has 0 bridgehead atoms. The van der Waals surface area contributed by atoms with Gasteiger partial charge in [-0.25, -0.2) is 4.39 Å². The Hall–Kier alpha value is -2.03. The van der Waals surface area contributed by atoms with Gasteiger partial charge in [0, 0.05) is 52.4 Å². The lowest BCUT2D eigenvalue weighted by molar-refractivity contribution is -0.138. The van der Waals surface area contributed by atoms with Crippen LogP contribution in [0.15, 0.2) is 24.3 Å². The van der Waals surface area contributed by atoms with E-state index in [0.717, 1.165) is 39.1 Å². The summed E-state index contributed by atoms with van der Waals surface area (Å²) in [7, 11) is 3.54. The van der Waals surface area contributed by atoms with Gasteiger partial charge in [-0.1, -0.05) is 18.2 Å². The molecular formula is C23H35FN4O3. The Bertz CT molecular complexity index is 739. The maximum absolute atomic E-state index is 14.1. The van der Waals surface area contributed by atoms with Crippen molar-refractivity contribution >= 4 is 11.8 Å². The molecule has 7 nitrogen and oxygen atoms in total. The number of rotatable bonds is 9. The number of likely N-dealkylation sites (tertiary alicyclic amines) is 1. The van der Waals surface area contributed by atoms with Gasteiger partial charge in [-0.05, 0) is 37.9 Å². The van der Waals surface area contributed by atoms with Gasteiger partial charge in [-0.2, -0.15) is 0 Å². The van der Waals surface area contributed by atoms with Gasteiger partial charge in [0.1, 0.15) is 5.82 Å². The lowest BCUT2D eigenvalue weighted by Crippen LogP contribution is -2.56. The fourth-order valence-corrected chi connectivity index (χ4v) is 4.44. The molecule has 2 aliphatic rings. The Morgan fingerprint density at radius 2 is 2.00 bits per heavy atom. The summed E-state index contributed by atoms with van der Waals surface area (Å²) in [5.74, 6) is -0.00634. The van der Waals surface area contributed by atoms with Crippen LogP contribution < -0.4 is 5.32 Å². The minimum Gasteiger partial charge on any atom is -0.383 e. The van der Waals surface area contributed by atoms with Crippen molar-refractivity contribution in [2.45, 2.75) is 31.8 Å². The van der Waals surface area contributed by atoms with Crippen LogP contribution in [0.2, 0.25) is 0 Å². The highest BCUT2D eigenvalue weighted by Crippen LogP contribution is 2.20. The molecule has 8 heteroatoms. The van der Waals surface area contributed by atoms with E-state index in [1.165, 1.54) is 6.07 Å². The highest BCUT2D eigenvalue weighted by molar-refractivity contribution is 5.88. The summed E-state index contributed by atoms with van der Waals surface area (Å²) in [5.41, 5.74) is 0.545. The molecule has 0 radical (unpaired) electrons. The molecule has 1 aromatic rings. The van der Waals surface area contributed by atoms with Crippen molar-refractivity contribution in [3.8, 4) is 0 Å². The number of hydrogen-bond donors (Lipinski definition) is 1. The minimum absolute atomic E-state index is 0.0394. The topological polar surface area (TPSA) is 65.1 Å². The van der Waals surface area contributed by atoms with Crippen molar-refractivity contribution in [3.63, 3.8) is 0 Å². The molecule has 1 unspecified atom stereocenters. The van der Waals surface area contributed by atoms with E-state index in [0.29, 0.717) is 37.7 Å². The van der Waals surface area contributed by atoms with E-state index in [-0.39, 0.29) is 24.1 Å². The molecule has 0 aliphatic carbocycles. The largest absolute Gasteiger partial charge is 0.383 e. The number of ether oxygens (including phenoxy) is 1. The third-order valence-electron chi connectivity index (χ3n) is 6.42. The molecule has 2 heterocycles. The number of carbonyl (C=O) groups excluding carboxylic acids is 2. The molecule has 1 atom stereocenters. The van der Waals surface area contributed by atoms with Gasteiger partial charge in [0.15, 0.2) is 0 Å². The molecule has 1 N–H and O–H groups in total. The van der Waals surface area contributed by atoms with E-state index in [4.69, 9.17) is 4.74 Å². The molecule has 3 rings (SSSR count). The number of hydrogen-bond acceptors (Lipinski definition) is 5. The fraction of sp³-hybridized carbons (Fsp3) is 0.652. The summed E-state index contributed by atoms with van der Waals surface area (Å²) in [4.78, 5) is 31.5. The summed E-state index contributed by atoms with van der Waals surface area (Å²) in [6, 6.07) is 6.02. The zero-order valence-electron chi connectivity index (χ0n) is 18.7. The zero-order valence-corrected chi connectivity index (χ0v) is 18.7. The molecule has 2 saturated heterocycles. The lowest BCUT2D eigenvalue weighted by atomic mass is 9.96. The van der Waals surface area contributed by atoms with E-state index in [1.54, 1.807) is 30.2 Å². The zero-order chi connectivity index (χ0) is 22.2. The van der Waals surface area contributed by atoms with Gasteiger partial charge in [0.25, 0.3) is 0 Å². The fourth-order valence-electron chi connectivity index (χ4n) is 4.44. The van der Waals surface area contributed by atoms with Gasteiger partial charge in [-0.15, -0.1) is 0 Å². The van der Waals surface area contributed by atoms with E-state index in [2.05, 4.69) is 10.2 Å². The summed E-state index contributed by atoms with van der Waals surface area (Å²) >= 11 is 0. The first-order chi connectivity index (χ1) is 15.0. The predicted octanol–water partition coefficient (Wildman–Crippen LogP) is 1.33. The Kier molecular flexibility index (Phi) is 8.80. The molecule has 31 heavy (non-hydrogen) atoms. The van der Waals surface area contributed by atoms with Crippen molar-refractivity contribution in [1.82, 2.24) is 20.0 Å². The number of carbonyl (C=O) groups is 2. The lowest BCUT2D eigenvalue weighted by Gasteiger charge is -2.36. The highest BCUT2D eigenvalue weighted by Gasteiger charge is 2.33. The SMILES string of the molecule is COCCN1CCC(CN(C)C(=O)CC2C(=O)NCCN2Cc2ccccc2F)CC1. The molecule has 2 fully saturated rings. The summed E-state index contributed by atoms with van der Waals surface area (Å²) in [6.45, 7) is 5.88. The van der Waals surface area contributed by atoms with Crippen LogP contribution in [0.3, 0.4) is 0 Å². The van der Waals surface area contributed by atoms with Gasteiger partial charge in [0.05, 0.1) is 19.1 Å². The van der Waals surface area contributed by atoms with Crippen molar-refractivity contribution in [2.75, 3.05) is 60.0 Å². The molecule has 1 aromatic carbocycles. The van der Waals surface area contributed by atoms with Crippen LogP contribution in [-0.2, 0) is 20.9 Å². The number of benzene rings is 1. The normalized spacial score (nSPS) is 21.1. The molecule has 0 aromatic heterocycles. The van der Waals surface area contributed by atoms with Crippen molar-refractivity contribution in [2.24, 2.45) is 5.92 Å². The van der Waals surface area contributed by atoms with Crippen LogP contribution in [0.5, 0.6) is 0 Å². The highest BCUT2D eigenvalue weighted by atomic mass is 19.1. The summed E-state index contributed by atoms with van der Waals surface area (Å²) in [5, 5.41) is 2.85. The van der Waals surface area contributed by atoms with Crippen molar-refractivity contribution in [3.05, 3.63) is 35.6 Å². The van der Waals surface area contributed by atoms with Crippen LogP contribution in [0.4, 0.5) is 4.39 Å². The van der Waals surface area contributed by atoms with E-state index < -0.39 is 6.04 Å². The first-order valence-corrected chi connectivity index (χ1v) is 11.2. The van der Waals surface area contributed by atoms with E-state index in [1.807, 2.05) is 11.9 Å². The number of nitrogens with zero attached hydrogens (tertiary/aromatic N) is 3. The minimum atomic E-state index is -0.570. The number of methoxy groups -OCH3 is 1. The molecule has 0 saturated carbocycles. The number of amides is 2. The monoisotopic (exact) mass is 434 g/mol. The quantitative estimate of drug-likeness (QED) is 0.635. The maximum atomic E-state index is 14.1. The number of nitrogens with one attached hydrogen (secondary N) is 1. The van der Waals surface area contributed by atoms with Crippen LogP contribution in [0.1, 0.15) is 24.8 Å². The Morgan fingerprint density at radius 1 is 1.26 bits per heavy atom. The smallest absolute Gasteiger partial charge is 0.237 e. The second kappa shape index (κ2) is 11.5. The van der Waals surface area contributed by atoms with Crippen LogP contribution in [0.25, 0.3) is 0 Å². The second-order valence-corrected chi connectivity index (χ2v) is 8.62. The van der Waals surface area contributed by atoms with Gasteiger partial charge >= 0.3 is 0 Å². The van der Waals surface area contributed by atoms with Gasteiger partial charge in [-0.3, -0.25) is 14.5 Å². The first-order valence-electron chi connectivity index (χ1n) is 11.2. The van der Waals surface area contributed by atoms with Crippen LogP contribution in [0, 0.1) is 11.7 Å². The second-order valence-electron chi connectivity index (χ2n) is 8.62. The third-order valence-corrected chi connectivity index (χ3v) is 6.42. The number of halogens is 1. The Morgan fingerprint density at radius 3 is 2.71 bits per heavy atom. The average Bonchev–Trinajstić information content (AvgIpc) is 2.77. The molecular weight excluding hydrogens is 399 g/mol. The van der Waals surface area contributed by atoms with E-state index in [9.17, 15) is 14.0 Å². The summed E-state index contributed by atoms with van der Waals surface area (Å²) < 4.78 is 19.3. The Balaban J connectivity index is 1.52. The standard InChI is InChI=1S/C23H35FN4O3/c1-26(16-18-7-10-27(11-8-18)13-14-31-2)22(29)15-21-23(30)25-9-12-28(21)17-19-5-3-4-6-20(19)24/h3-6,18,21H,7-17H2,1-2H3,(H,25,30). The summed E-state index contributed by atoms with van der Waals surface area (Å²) in [6.07, 6.45) is 2.23. The van der Waals surface area contributed by atoms with Crippen molar-refractivity contribution < 1.29 is 18.7 Å². The van der Waals surface area contributed by atoms with Gasteiger partial charge < -0.3 is 19.9 Å². The van der Waals surface area contributed by atoms with Gasteiger partial charge in [0.2, 0.25) is 11.8 Å². The van der Waals surface area contributed by atoms with Crippen LogP contribution in [-0.4, -0.2) is 92.6 Å². The molecule has 172 valence electrons. The van der Waals surface area contributed by atoms with E-state index >= 15 is 0 Å². The molecule has 0 spiro atoms.